The van der Waals surface area contributed by atoms with Gasteiger partial charge in [0.25, 0.3) is 5.69 Å². The number of nitrogens with one attached hydrogen (secondary N) is 1. The molecule has 39 heavy (non-hydrogen) atoms. The number of anilines is 1. The molecule has 1 N–H and O–H groups in total. The second kappa shape index (κ2) is 11.4. The molecule has 0 saturated heterocycles. The molecule has 8 nitrogen and oxygen atoms in total. The lowest BCUT2D eigenvalue weighted by atomic mass is 10.00. The lowest BCUT2D eigenvalue weighted by Crippen LogP contribution is -2.15. The summed E-state index contributed by atoms with van der Waals surface area (Å²) in [5.74, 6) is 0.528. The van der Waals surface area contributed by atoms with Crippen molar-refractivity contribution in [1.82, 2.24) is 0 Å². The minimum absolute atomic E-state index is 0.00141. The highest BCUT2D eigenvalue weighted by atomic mass is 16.6. The van der Waals surface area contributed by atoms with E-state index in [9.17, 15) is 14.9 Å². The zero-order valence-electron chi connectivity index (χ0n) is 21.2. The third kappa shape index (κ3) is 6.02. The predicted molar refractivity (Wildman–Crippen MR) is 152 cm³/mol. The molecule has 5 aromatic rings. The van der Waals surface area contributed by atoms with Crippen molar-refractivity contribution in [3.8, 4) is 5.75 Å². The van der Waals surface area contributed by atoms with Gasteiger partial charge in [-0.05, 0) is 42.3 Å². The highest BCUT2D eigenvalue weighted by Gasteiger charge is 2.14. The van der Waals surface area contributed by atoms with Gasteiger partial charge in [-0.15, -0.1) is 0 Å². The van der Waals surface area contributed by atoms with E-state index in [4.69, 9.17) is 9.15 Å². The van der Waals surface area contributed by atoms with Crippen LogP contribution in [0.15, 0.2) is 117 Å². The van der Waals surface area contributed by atoms with Gasteiger partial charge >= 0.3 is 5.63 Å². The number of fused-ring (bicyclic) bond motifs is 1. The first-order chi connectivity index (χ1) is 19.0. The topological polar surface area (TPSA) is 107 Å². The number of hydrogen-bond donors (Lipinski definition) is 1. The Hall–Kier alpha value is -5.24. The number of nitro groups is 1. The van der Waals surface area contributed by atoms with Gasteiger partial charge in [0.15, 0.2) is 0 Å². The summed E-state index contributed by atoms with van der Waals surface area (Å²) in [5.41, 5.74) is 7.66. The third-order valence-electron chi connectivity index (χ3n) is 6.36. The van der Waals surface area contributed by atoms with E-state index in [2.05, 4.69) is 10.5 Å². The lowest BCUT2D eigenvalue weighted by Gasteiger charge is -2.12. The lowest BCUT2D eigenvalue weighted by molar-refractivity contribution is -0.384. The van der Waals surface area contributed by atoms with E-state index in [0.717, 1.165) is 22.1 Å². The fraction of sp³-hybridized carbons (Fsp3) is 0.0968. The van der Waals surface area contributed by atoms with Gasteiger partial charge in [-0.1, -0.05) is 60.7 Å². The number of ether oxygens (including phenoxy) is 1. The Kier molecular flexibility index (Phi) is 7.45. The summed E-state index contributed by atoms with van der Waals surface area (Å²) in [6, 6.07) is 30.8. The summed E-state index contributed by atoms with van der Waals surface area (Å²) in [6.45, 7) is 2.06. The van der Waals surface area contributed by atoms with Crippen LogP contribution in [0.3, 0.4) is 0 Å². The normalized spacial score (nSPS) is 11.4. The van der Waals surface area contributed by atoms with Crippen molar-refractivity contribution in [3.63, 3.8) is 0 Å². The van der Waals surface area contributed by atoms with Crippen LogP contribution in [0.4, 0.5) is 11.4 Å². The number of benzene rings is 4. The number of nitro benzene ring substituents is 1. The van der Waals surface area contributed by atoms with E-state index < -0.39 is 4.92 Å². The van der Waals surface area contributed by atoms with E-state index in [1.807, 2.05) is 79.7 Å². The molecule has 0 atom stereocenters. The van der Waals surface area contributed by atoms with Gasteiger partial charge in [0.05, 0.1) is 10.6 Å². The minimum Gasteiger partial charge on any atom is -0.487 e. The van der Waals surface area contributed by atoms with Crippen molar-refractivity contribution in [1.29, 1.82) is 0 Å². The zero-order valence-corrected chi connectivity index (χ0v) is 21.2. The van der Waals surface area contributed by atoms with Crippen molar-refractivity contribution in [3.05, 3.63) is 146 Å². The molecule has 8 heteroatoms. The van der Waals surface area contributed by atoms with Crippen LogP contribution >= 0.6 is 0 Å². The second-order valence-electron chi connectivity index (χ2n) is 8.94. The zero-order chi connectivity index (χ0) is 27.2. The van der Waals surface area contributed by atoms with Crippen LogP contribution in [0.1, 0.15) is 22.3 Å². The quantitative estimate of drug-likeness (QED) is 0.103. The van der Waals surface area contributed by atoms with Gasteiger partial charge in [-0.3, -0.25) is 15.5 Å². The van der Waals surface area contributed by atoms with Crippen LogP contribution in [0, 0.1) is 17.0 Å². The standard InChI is InChI=1S/C31H25N3O5/c1-21-27-17-16-26(19-30(27)39-31(35)28(21)18-22-8-4-2-5-9-22)38-20-29(23-10-6-3-7-11-23)33-32-24-12-14-25(15-13-24)34(36)37/h2-17,19,32H,18,20H2,1H3/b33-29-. The molecule has 0 spiro atoms. The molecule has 0 radical (unpaired) electrons. The Morgan fingerprint density at radius 3 is 2.33 bits per heavy atom. The fourth-order valence-corrected chi connectivity index (χ4v) is 4.22. The summed E-state index contributed by atoms with van der Waals surface area (Å²) in [7, 11) is 0. The summed E-state index contributed by atoms with van der Waals surface area (Å²) in [5, 5.41) is 16.3. The molecule has 0 bridgehead atoms. The molecule has 194 valence electrons. The van der Waals surface area contributed by atoms with Gasteiger partial charge < -0.3 is 9.15 Å². The molecule has 0 saturated carbocycles. The summed E-state index contributed by atoms with van der Waals surface area (Å²) < 4.78 is 11.7. The Labute approximate surface area is 224 Å². The number of hydrazone groups is 1. The molecule has 1 heterocycles. The number of nitrogens with zero attached hydrogens (tertiary/aromatic N) is 2. The van der Waals surface area contributed by atoms with Crippen molar-refractivity contribution in [2.75, 3.05) is 12.0 Å². The van der Waals surface area contributed by atoms with E-state index >= 15 is 0 Å². The van der Waals surface area contributed by atoms with Crippen molar-refractivity contribution in [2.45, 2.75) is 13.3 Å². The number of hydrogen-bond acceptors (Lipinski definition) is 7. The molecular weight excluding hydrogens is 494 g/mol. The highest BCUT2D eigenvalue weighted by molar-refractivity contribution is 6.02. The van der Waals surface area contributed by atoms with E-state index in [0.29, 0.717) is 34.7 Å². The number of non-ortho nitro benzene ring substituents is 1. The average molecular weight is 520 g/mol. The van der Waals surface area contributed by atoms with Crippen LogP contribution in [0.5, 0.6) is 5.75 Å². The van der Waals surface area contributed by atoms with Crippen LogP contribution in [-0.2, 0) is 6.42 Å². The number of rotatable bonds is 9. The minimum atomic E-state index is -0.451. The van der Waals surface area contributed by atoms with Crippen molar-refractivity contribution in [2.24, 2.45) is 5.10 Å². The summed E-state index contributed by atoms with van der Waals surface area (Å²) in [6.07, 6.45) is 0.502. The largest absolute Gasteiger partial charge is 0.487 e. The molecular formula is C31H25N3O5. The molecule has 0 unspecified atom stereocenters. The van der Waals surface area contributed by atoms with Crippen molar-refractivity contribution < 1.29 is 14.1 Å². The molecule has 0 fully saturated rings. The molecule has 0 aliphatic rings. The summed E-state index contributed by atoms with van der Waals surface area (Å²) in [4.78, 5) is 23.3. The Morgan fingerprint density at radius 1 is 0.949 bits per heavy atom. The monoisotopic (exact) mass is 519 g/mol. The average Bonchev–Trinajstić information content (AvgIpc) is 2.96. The highest BCUT2D eigenvalue weighted by Crippen LogP contribution is 2.25. The second-order valence-corrected chi connectivity index (χ2v) is 8.94. The number of aryl methyl sites for hydroxylation is 1. The summed E-state index contributed by atoms with van der Waals surface area (Å²) >= 11 is 0. The van der Waals surface area contributed by atoms with E-state index in [-0.39, 0.29) is 17.9 Å². The maximum absolute atomic E-state index is 12.8. The maximum atomic E-state index is 12.8. The first-order valence-electron chi connectivity index (χ1n) is 12.3. The molecule has 4 aromatic carbocycles. The maximum Gasteiger partial charge on any atom is 0.340 e. The van der Waals surface area contributed by atoms with Gasteiger partial charge in [0.1, 0.15) is 23.7 Å². The Balaban J connectivity index is 1.37. The molecule has 0 aliphatic heterocycles. The first-order valence-corrected chi connectivity index (χ1v) is 12.3. The fourth-order valence-electron chi connectivity index (χ4n) is 4.22. The van der Waals surface area contributed by atoms with E-state index in [1.165, 1.54) is 12.1 Å². The van der Waals surface area contributed by atoms with Gasteiger partial charge in [0.2, 0.25) is 0 Å². The Bertz CT molecular complexity index is 1700. The smallest absolute Gasteiger partial charge is 0.340 e. The van der Waals surface area contributed by atoms with Crippen LogP contribution in [-0.4, -0.2) is 17.2 Å². The van der Waals surface area contributed by atoms with Crippen LogP contribution in [0.2, 0.25) is 0 Å². The van der Waals surface area contributed by atoms with Gasteiger partial charge in [0, 0.05) is 41.1 Å². The molecule has 0 aliphatic carbocycles. The van der Waals surface area contributed by atoms with Crippen molar-refractivity contribution >= 4 is 28.1 Å². The van der Waals surface area contributed by atoms with E-state index in [1.54, 1.807) is 18.2 Å². The Morgan fingerprint density at radius 2 is 1.64 bits per heavy atom. The van der Waals surface area contributed by atoms with Gasteiger partial charge in [-0.25, -0.2) is 4.79 Å². The predicted octanol–water partition coefficient (Wildman–Crippen LogP) is 6.50. The molecule has 0 amide bonds. The molecule has 1 aromatic heterocycles. The SMILES string of the molecule is Cc1c(Cc2ccccc2)c(=O)oc2cc(OC/C(=N/Nc3ccc([N+](=O)[O-])cc3)c3ccccc3)ccc12. The van der Waals surface area contributed by atoms with Crippen LogP contribution in [0.25, 0.3) is 11.0 Å². The van der Waals surface area contributed by atoms with Crippen LogP contribution < -0.4 is 15.8 Å². The molecule has 5 rings (SSSR count). The van der Waals surface area contributed by atoms with Gasteiger partial charge in [-0.2, -0.15) is 5.10 Å². The third-order valence-corrected chi connectivity index (χ3v) is 6.36. The first kappa shape index (κ1) is 25.4.